The average Bonchev–Trinajstić information content (AvgIpc) is 2.84. The number of phenolic OH excluding ortho intramolecular Hbond substituents is 1. The van der Waals surface area contributed by atoms with Gasteiger partial charge in [0, 0.05) is 41.1 Å². The fourth-order valence-electron chi connectivity index (χ4n) is 4.71. The van der Waals surface area contributed by atoms with E-state index in [2.05, 4.69) is 4.98 Å². The first kappa shape index (κ1) is 24.2. The molecule has 0 saturated carbocycles. The molecule has 4 unspecified atom stereocenters. The minimum atomic E-state index is -4.88. The van der Waals surface area contributed by atoms with Crippen molar-refractivity contribution in [1.29, 1.82) is 0 Å². The van der Waals surface area contributed by atoms with E-state index >= 15 is 0 Å². The lowest BCUT2D eigenvalue weighted by atomic mass is 9.81. The van der Waals surface area contributed by atoms with E-state index in [9.17, 15) is 38.1 Å². The number of hydrogen-bond acceptors (Lipinski definition) is 8. The van der Waals surface area contributed by atoms with Crippen LogP contribution in [0.1, 0.15) is 44.7 Å². The first-order valence-corrected chi connectivity index (χ1v) is 11.1. The number of benzene rings is 2. The number of fused-ring (bicyclic) bond motifs is 4. The van der Waals surface area contributed by atoms with Gasteiger partial charge in [-0.3, -0.25) is 14.6 Å². The largest absolute Gasteiger partial charge is 0.504 e. The third kappa shape index (κ3) is 3.89. The summed E-state index contributed by atoms with van der Waals surface area (Å²) in [5.41, 5.74) is 0.178. The van der Waals surface area contributed by atoms with Crippen molar-refractivity contribution in [3.63, 3.8) is 0 Å². The zero-order chi connectivity index (χ0) is 25.8. The lowest BCUT2D eigenvalue weighted by molar-refractivity contribution is -0.290. The molecule has 36 heavy (non-hydrogen) atoms. The molecule has 0 bridgehead atoms. The zero-order valence-electron chi connectivity index (χ0n) is 18.5. The smallest absolute Gasteiger partial charge is 0.417 e. The summed E-state index contributed by atoms with van der Waals surface area (Å²) in [6.45, 7) is -0.269. The van der Waals surface area contributed by atoms with Gasteiger partial charge in [-0.2, -0.15) is 13.2 Å². The Morgan fingerprint density at radius 2 is 1.69 bits per heavy atom. The maximum atomic E-state index is 13.2. The molecule has 11 heteroatoms. The molecule has 5 rings (SSSR count). The average molecular weight is 503 g/mol. The number of carbonyl (C=O) groups is 2. The fourth-order valence-corrected chi connectivity index (χ4v) is 4.71. The van der Waals surface area contributed by atoms with Crippen LogP contribution in [0.3, 0.4) is 0 Å². The van der Waals surface area contributed by atoms with Gasteiger partial charge in [0.15, 0.2) is 29.2 Å². The number of phenols is 1. The molecular formula is C25H20F3NO7. The third-order valence-electron chi connectivity index (χ3n) is 6.42. The number of carbonyl (C=O) groups excluding carboxylic acids is 2. The summed E-state index contributed by atoms with van der Waals surface area (Å²) >= 11 is 0. The Balaban J connectivity index is 1.46. The maximum Gasteiger partial charge on any atom is 0.417 e. The van der Waals surface area contributed by atoms with Crippen molar-refractivity contribution in [2.75, 3.05) is 6.61 Å². The number of hydrogen-bond donors (Lipinski definition) is 3. The molecule has 3 N–H and O–H groups in total. The highest BCUT2D eigenvalue weighted by atomic mass is 19.4. The number of nitrogens with zero attached hydrogens (tertiary/aromatic N) is 1. The molecule has 3 aromatic rings. The molecule has 1 fully saturated rings. The summed E-state index contributed by atoms with van der Waals surface area (Å²) in [5.74, 6) is -1.83. The highest BCUT2D eigenvalue weighted by molar-refractivity contribution is 6.33. The molecule has 188 valence electrons. The van der Waals surface area contributed by atoms with E-state index in [0.717, 1.165) is 0 Å². The summed E-state index contributed by atoms with van der Waals surface area (Å²) < 4.78 is 50.1. The topological polar surface area (TPSA) is 126 Å². The molecule has 2 aromatic carbocycles. The Hall–Kier alpha value is -3.54. The lowest BCUT2D eigenvalue weighted by Crippen LogP contribution is -2.54. The van der Waals surface area contributed by atoms with E-state index in [1.165, 1.54) is 18.3 Å². The van der Waals surface area contributed by atoms with Crippen LogP contribution < -0.4 is 4.74 Å². The molecule has 1 aliphatic carbocycles. The molecule has 1 aliphatic heterocycles. The van der Waals surface area contributed by atoms with Gasteiger partial charge in [-0.25, -0.2) is 0 Å². The number of aromatic hydroxyl groups is 1. The Bertz CT molecular complexity index is 1370. The second kappa shape index (κ2) is 8.84. The minimum absolute atomic E-state index is 0.00704. The van der Waals surface area contributed by atoms with Gasteiger partial charge >= 0.3 is 6.18 Å². The van der Waals surface area contributed by atoms with Crippen molar-refractivity contribution in [3.8, 4) is 11.5 Å². The quantitative estimate of drug-likeness (QED) is 0.388. The molecule has 2 heterocycles. The monoisotopic (exact) mass is 503 g/mol. The Labute approximate surface area is 201 Å². The normalized spacial score (nSPS) is 23.9. The standard InChI is InChI=1S/C25H20F3NO7/c26-25(27,28)24-21(33)15(30)10-11(36-24)7-9-35-23-18-14(6-3-8-29-18)16-17(22(23)34)20(32)13-5-2-1-4-12(13)19(16)31/h1-6,8,11,15,21,24,30,33-34H,7,9-10H2. The Morgan fingerprint density at radius 3 is 2.36 bits per heavy atom. The van der Waals surface area contributed by atoms with Crippen LogP contribution in [0.5, 0.6) is 11.5 Å². The van der Waals surface area contributed by atoms with Gasteiger partial charge in [0.25, 0.3) is 0 Å². The number of pyridine rings is 1. The first-order chi connectivity index (χ1) is 17.1. The number of rotatable bonds is 4. The molecule has 0 radical (unpaired) electrons. The second-order valence-electron chi connectivity index (χ2n) is 8.68. The number of halogens is 3. The van der Waals surface area contributed by atoms with Crippen LogP contribution in [0.2, 0.25) is 0 Å². The van der Waals surface area contributed by atoms with E-state index in [1.54, 1.807) is 24.3 Å². The van der Waals surface area contributed by atoms with E-state index in [4.69, 9.17) is 9.47 Å². The van der Waals surface area contributed by atoms with E-state index in [0.29, 0.717) is 0 Å². The number of ether oxygens (including phenoxy) is 2. The van der Waals surface area contributed by atoms with E-state index < -0.39 is 47.9 Å². The lowest BCUT2D eigenvalue weighted by Gasteiger charge is -2.38. The SMILES string of the molecule is O=C1c2ccccc2C(=O)c2c1c(O)c(OCCC1CC(O)C(O)C(C(F)(F)F)O1)c1ncccc21. The van der Waals surface area contributed by atoms with Crippen molar-refractivity contribution in [1.82, 2.24) is 4.98 Å². The first-order valence-electron chi connectivity index (χ1n) is 11.1. The van der Waals surface area contributed by atoms with Gasteiger partial charge in [-0.1, -0.05) is 30.3 Å². The number of alkyl halides is 3. The number of aromatic nitrogens is 1. The van der Waals surface area contributed by atoms with Crippen molar-refractivity contribution >= 4 is 22.5 Å². The molecule has 2 aliphatic rings. The van der Waals surface area contributed by atoms with Crippen LogP contribution in [-0.2, 0) is 4.74 Å². The van der Waals surface area contributed by atoms with Gasteiger partial charge in [-0.05, 0) is 6.07 Å². The van der Waals surface area contributed by atoms with Crippen molar-refractivity contribution in [2.24, 2.45) is 0 Å². The molecule has 1 aromatic heterocycles. The van der Waals surface area contributed by atoms with Crippen molar-refractivity contribution < 1.29 is 47.6 Å². The van der Waals surface area contributed by atoms with Gasteiger partial charge in [0.05, 0.1) is 24.4 Å². The molecular weight excluding hydrogens is 483 g/mol. The summed E-state index contributed by atoms with van der Waals surface area (Å²) in [6, 6.07) is 9.33. The van der Waals surface area contributed by atoms with Crippen LogP contribution >= 0.6 is 0 Å². The maximum absolute atomic E-state index is 13.2. The predicted molar refractivity (Wildman–Crippen MR) is 118 cm³/mol. The van der Waals surface area contributed by atoms with Crippen LogP contribution in [0.4, 0.5) is 13.2 Å². The van der Waals surface area contributed by atoms with Gasteiger partial charge in [-0.15, -0.1) is 0 Å². The zero-order valence-corrected chi connectivity index (χ0v) is 18.5. The molecule has 0 amide bonds. The van der Waals surface area contributed by atoms with Crippen LogP contribution in [-0.4, -0.2) is 69.1 Å². The third-order valence-corrected chi connectivity index (χ3v) is 6.42. The number of aliphatic hydroxyl groups is 2. The minimum Gasteiger partial charge on any atom is -0.504 e. The van der Waals surface area contributed by atoms with Crippen LogP contribution in [0, 0.1) is 0 Å². The van der Waals surface area contributed by atoms with Gasteiger partial charge in [0.1, 0.15) is 11.6 Å². The summed E-state index contributed by atoms with van der Waals surface area (Å²) in [5, 5.41) is 30.8. The molecule has 0 spiro atoms. The van der Waals surface area contributed by atoms with Gasteiger partial charge < -0.3 is 24.8 Å². The van der Waals surface area contributed by atoms with Crippen molar-refractivity contribution in [3.05, 3.63) is 64.8 Å². The van der Waals surface area contributed by atoms with Gasteiger partial charge in [0.2, 0.25) is 0 Å². The number of aliphatic hydroxyl groups excluding tert-OH is 2. The highest BCUT2D eigenvalue weighted by Gasteiger charge is 2.51. The van der Waals surface area contributed by atoms with Crippen LogP contribution in [0.25, 0.3) is 10.9 Å². The predicted octanol–water partition coefficient (Wildman–Crippen LogP) is 2.93. The van der Waals surface area contributed by atoms with E-state index in [-0.39, 0.29) is 58.4 Å². The molecule has 8 nitrogen and oxygen atoms in total. The Kier molecular flexibility index (Phi) is 5.93. The summed E-state index contributed by atoms with van der Waals surface area (Å²) in [7, 11) is 0. The van der Waals surface area contributed by atoms with E-state index in [1.807, 2.05) is 0 Å². The van der Waals surface area contributed by atoms with Crippen LogP contribution in [0.15, 0.2) is 42.6 Å². The highest BCUT2D eigenvalue weighted by Crippen LogP contribution is 2.44. The fraction of sp³-hybridized carbons (Fsp3) is 0.320. The molecule has 4 atom stereocenters. The summed E-state index contributed by atoms with van der Waals surface area (Å²) in [4.78, 5) is 30.7. The molecule has 1 saturated heterocycles. The second-order valence-corrected chi connectivity index (χ2v) is 8.68. The Morgan fingerprint density at radius 1 is 1.03 bits per heavy atom. The summed E-state index contributed by atoms with van der Waals surface area (Å²) in [6.07, 6.45) is -11.2. The van der Waals surface area contributed by atoms with Crippen molar-refractivity contribution in [2.45, 2.75) is 43.4 Å². The number of ketones is 2.